The number of piperazine rings is 1. The highest BCUT2D eigenvalue weighted by molar-refractivity contribution is 7.80. The van der Waals surface area contributed by atoms with E-state index in [0.717, 1.165) is 44.4 Å². The van der Waals surface area contributed by atoms with E-state index in [0.29, 0.717) is 6.04 Å². The average Bonchev–Trinajstić information content (AvgIpc) is 3.17. The molecule has 1 aromatic carbocycles. The summed E-state index contributed by atoms with van der Waals surface area (Å²) < 4.78 is 0. The minimum atomic E-state index is 0.380. The molecule has 2 N–H and O–H groups in total. The van der Waals surface area contributed by atoms with Crippen LogP contribution < -0.4 is 10.6 Å². The van der Waals surface area contributed by atoms with Crippen molar-refractivity contribution in [1.29, 1.82) is 0 Å². The Kier molecular flexibility index (Phi) is 6.81. The standard InChI is InChI=1S/C19H26N4S2/c1-22-9-11-23(12-10-22)17(18-8-5-13-25-18)15-21-19(24)20-14-16-6-3-2-4-7-16/h2-8,13,17H,9-12,14-15H2,1H3,(H2,20,21,24)/t17-/m0/s1. The second-order valence-electron chi connectivity index (χ2n) is 6.42. The Labute approximate surface area is 159 Å². The van der Waals surface area contributed by atoms with Gasteiger partial charge in [-0.05, 0) is 36.3 Å². The second-order valence-corrected chi connectivity index (χ2v) is 7.81. The van der Waals surface area contributed by atoms with Crippen molar-refractivity contribution >= 4 is 28.7 Å². The fourth-order valence-corrected chi connectivity index (χ4v) is 4.07. The number of rotatable bonds is 6. The lowest BCUT2D eigenvalue weighted by Gasteiger charge is -2.37. The molecule has 0 aliphatic carbocycles. The molecule has 0 unspecified atom stereocenters. The van der Waals surface area contributed by atoms with Gasteiger partial charge in [-0.25, -0.2) is 0 Å². The number of likely N-dealkylation sites (N-methyl/N-ethyl adjacent to an activating group) is 1. The van der Waals surface area contributed by atoms with E-state index in [2.05, 4.69) is 57.1 Å². The number of benzene rings is 1. The zero-order valence-corrected chi connectivity index (χ0v) is 16.3. The Morgan fingerprint density at radius 3 is 2.52 bits per heavy atom. The molecule has 0 bridgehead atoms. The predicted octanol–water partition coefficient (Wildman–Crippen LogP) is 2.70. The van der Waals surface area contributed by atoms with Crippen LogP contribution in [0.4, 0.5) is 0 Å². The van der Waals surface area contributed by atoms with Crippen LogP contribution >= 0.6 is 23.6 Å². The van der Waals surface area contributed by atoms with E-state index in [4.69, 9.17) is 12.2 Å². The first kappa shape index (κ1) is 18.3. The fourth-order valence-electron chi connectivity index (χ4n) is 3.05. The zero-order chi connectivity index (χ0) is 17.5. The maximum absolute atomic E-state index is 5.48. The van der Waals surface area contributed by atoms with Crippen LogP contribution in [0.1, 0.15) is 16.5 Å². The summed E-state index contributed by atoms with van der Waals surface area (Å²) in [5.41, 5.74) is 1.24. The number of hydrogen-bond acceptors (Lipinski definition) is 4. The van der Waals surface area contributed by atoms with Crippen LogP contribution in [-0.4, -0.2) is 54.7 Å². The fraction of sp³-hybridized carbons (Fsp3) is 0.421. The molecule has 1 fully saturated rings. The molecule has 0 spiro atoms. The molecule has 3 rings (SSSR count). The number of hydrogen-bond donors (Lipinski definition) is 2. The Bertz CT molecular complexity index is 637. The van der Waals surface area contributed by atoms with E-state index in [9.17, 15) is 0 Å². The average molecular weight is 375 g/mol. The molecule has 134 valence electrons. The highest BCUT2D eigenvalue weighted by Crippen LogP contribution is 2.25. The second kappa shape index (κ2) is 9.29. The molecule has 0 amide bonds. The van der Waals surface area contributed by atoms with Gasteiger partial charge >= 0.3 is 0 Å². The van der Waals surface area contributed by atoms with Crippen molar-refractivity contribution in [2.45, 2.75) is 12.6 Å². The van der Waals surface area contributed by atoms with E-state index >= 15 is 0 Å². The minimum Gasteiger partial charge on any atom is -0.361 e. The van der Waals surface area contributed by atoms with Crippen molar-refractivity contribution in [3.05, 3.63) is 58.3 Å². The summed E-state index contributed by atoms with van der Waals surface area (Å²) in [6.07, 6.45) is 0. The molecular formula is C19H26N4S2. The molecule has 1 aliphatic heterocycles. The van der Waals surface area contributed by atoms with Crippen LogP contribution in [-0.2, 0) is 6.54 Å². The molecule has 2 aromatic rings. The van der Waals surface area contributed by atoms with Gasteiger partial charge in [-0.1, -0.05) is 36.4 Å². The number of nitrogens with zero attached hydrogens (tertiary/aromatic N) is 2. The zero-order valence-electron chi connectivity index (χ0n) is 14.6. The first-order chi connectivity index (χ1) is 12.2. The van der Waals surface area contributed by atoms with Crippen LogP contribution in [0.15, 0.2) is 47.8 Å². The van der Waals surface area contributed by atoms with E-state index in [1.54, 1.807) is 0 Å². The summed E-state index contributed by atoms with van der Waals surface area (Å²) in [5.74, 6) is 0. The van der Waals surface area contributed by atoms with Crippen LogP contribution in [0.2, 0.25) is 0 Å². The van der Waals surface area contributed by atoms with Gasteiger partial charge in [0.25, 0.3) is 0 Å². The van der Waals surface area contributed by atoms with Crippen LogP contribution in [0.3, 0.4) is 0 Å². The molecule has 0 radical (unpaired) electrons. The third kappa shape index (κ3) is 5.51. The molecule has 25 heavy (non-hydrogen) atoms. The largest absolute Gasteiger partial charge is 0.361 e. The highest BCUT2D eigenvalue weighted by Gasteiger charge is 2.24. The normalized spacial score (nSPS) is 17.2. The Morgan fingerprint density at radius 1 is 1.08 bits per heavy atom. The lowest BCUT2D eigenvalue weighted by molar-refractivity contribution is 0.114. The molecule has 1 aromatic heterocycles. The third-order valence-electron chi connectivity index (χ3n) is 4.60. The van der Waals surface area contributed by atoms with Crippen molar-refractivity contribution in [2.75, 3.05) is 39.8 Å². The van der Waals surface area contributed by atoms with Gasteiger partial charge < -0.3 is 15.5 Å². The molecule has 1 aliphatic rings. The predicted molar refractivity (Wildman–Crippen MR) is 110 cm³/mol. The Morgan fingerprint density at radius 2 is 1.84 bits per heavy atom. The molecule has 4 nitrogen and oxygen atoms in total. The van der Waals surface area contributed by atoms with Gasteiger partial charge in [0, 0.05) is 44.1 Å². The molecule has 0 saturated carbocycles. The van der Waals surface area contributed by atoms with Crippen molar-refractivity contribution in [3.8, 4) is 0 Å². The Balaban J connectivity index is 1.52. The molecule has 6 heteroatoms. The quantitative estimate of drug-likeness (QED) is 0.759. The smallest absolute Gasteiger partial charge is 0.166 e. The number of nitrogens with one attached hydrogen (secondary N) is 2. The maximum atomic E-state index is 5.48. The lowest BCUT2D eigenvalue weighted by atomic mass is 10.1. The van der Waals surface area contributed by atoms with Crippen molar-refractivity contribution < 1.29 is 0 Å². The monoisotopic (exact) mass is 374 g/mol. The van der Waals surface area contributed by atoms with Crippen LogP contribution in [0, 0.1) is 0 Å². The summed E-state index contributed by atoms with van der Waals surface area (Å²) >= 11 is 7.30. The highest BCUT2D eigenvalue weighted by atomic mass is 32.1. The molecular weight excluding hydrogens is 348 g/mol. The summed E-state index contributed by atoms with van der Waals surface area (Å²) in [7, 11) is 2.19. The topological polar surface area (TPSA) is 30.5 Å². The van der Waals surface area contributed by atoms with Gasteiger partial charge in [0.2, 0.25) is 0 Å². The van der Waals surface area contributed by atoms with Crippen molar-refractivity contribution in [1.82, 2.24) is 20.4 Å². The van der Waals surface area contributed by atoms with E-state index in [-0.39, 0.29) is 0 Å². The van der Waals surface area contributed by atoms with Gasteiger partial charge in [0.1, 0.15) is 0 Å². The third-order valence-corrected chi connectivity index (χ3v) is 5.86. The van der Waals surface area contributed by atoms with Gasteiger partial charge in [-0.3, -0.25) is 4.90 Å². The lowest BCUT2D eigenvalue weighted by Crippen LogP contribution is -2.49. The summed E-state index contributed by atoms with van der Waals surface area (Å²) in [6, 6.07) is 15.1. The first-order valence-electron chi connectivity index (χ1n) is 8.74. The van der Waals surface area contributed by atoms with Gasteiger partial charge in [-0.2, -0.15) is 0 Å². The van der Waals surface area contributed by atoms with E-state index < -0.39 is 0 Å². The van der Waals surface area contributed by atoms with Gasteiger partial charge in [0.15, 0.2) is 5.11 Å². The van der Waals surface area contributed by atoms with Crippen LogP contribution in [0.25, 0.3) is 0 Å². The van der Waals surface area contributed by atoms with Crippen molar-refractivity contribution in [2.24, 2.45) is 0 Å². The van der Waals surface area contributed by atoms with Crippen molar-refractivity contribution in [3.63, 3.8) is 0 Å². The number of thiocarbonyl (C=S) groups is 1. The maximum Gasteiger partial charge on any atom is 0.166 e. The molecule has 2 heterocycles. The number of thiophene rings is 1. The SMILES string of the molecule is CN1CCN([C@@H](CNC(=S)NCc2ccccc2)c2cccs2)CC1. The summed E-state index contributed by atoms with van der Waals surface area (Å²) in [4.78, 5) is 6.36. The summed E-state index contributed by atoms with van der Waals surface area (Å²) in [5, 5.41) is 9.61. The van der Waals surface area contributed by atoms with Gasteiger partial charge in [0.05, 0.1) is 6.04 Å². The van der Waals surface area contributed by atoms with Gasteiger partial charge in [-0.15, -0.1) is 11.3 Å². The minimum absolute atomic E-state index is 0.380. The van der Waals surface area contributed by atoms with E-state index in [1.807, 2.05) is 29.5 Å². The van der Waals surface area contributed by atoms with Crippen LogP contribution in [0.5, 0.6) is 0 Å². The molecule has 1 saturated heterocycles. The summed E-state index contributed by atoms with van der Waals surface area (Å²) in [6.45, 7) is 6.04. The first-order valence-corrected chi connectivity index (χ1v) is 10.0. The van der Waals surface area contributed by atoms with E-state index in [1.165, 1.54) is 10.4 Å². The Hall–Kier alpha value is -1.47. The molecule has 1 atom stereocenters.